The van der Waals surface area contributed by atoms with E-state index in [1.54, 1.807) is 25.3 Å². The smallest absolute Gasteiger partial charge is 0.288 e. The Labute approximate surface area is 222 Å². The highest BCUT2D eigenvalue weighted by Gasteiger charge is 2.37. The van der Waals surface area contributed by atoms with Gasteiger partial charge in [-0.15, -0.1) is 0 Å². The van der Waals surface area contributed by atoms with Gasteiger partial charge in [-0.1, -0.05) is 13.8 Å². The van der Waals surface area contributed by atoms with E-state index < -0.39 is 34.1 Å². The fourth-order valence-electron chi connectivity index (χ4n) is 4.75. The zero-order valence-corrected chi connectivity index (χ0v) is 22.8. The Kier molecular flexibility index (Phi) is 8.81. The first-order valence-corrected chi connectivity index (χ1v) is 14.3. The molecular weight excluding hydrogens is 514 g/mol. The molecule has 0 bridgehead atoms. The Hall–Kier alpha value is -2.87. The zero-order valence-electron chi connectivity index (χ0n) is 21.9. The number of Topliss-reactive ketones (excluding diaryl/α,β-unsaturated/α-hetero) is 1. The molecule has 4 heterocycles. The van der Waals surface area contributed by atoms with Gasteiger partial charge < -0.3 is 19.8 Å². The molecule has 0 aliphatic carbocycles. The number of nitrogens with zero attached hydrogens (tertiary/aromatic N) is 3. The van der Waals surface area contributed by atoms with Gasteiger partial charge in [0.05, 0.1) is 25.8 Å². The van der Waals surface area contributed by atoms with E-state index in [0.717, 1.165) is 0 Å². The van der Waals surface area contributed by atoms with E-state index in [9.17, 15) is 22.8 Å². The Balaban J connectivity index is 1.43. The van der Waals surface area contributed by atoms with Crippen molar-refractivity contribution in [2.45, 2.75) is 52.1 Å². The molecule has 4 rings (SSSR count). The molecule has 0 aromatic carbocycles. The molecule has 2 aliphatic rings. The number of aryl methyl sites for hydroxylation is 1. The van der Waals surface area contributed by atoms with Crippen LogP contribution >= 0.6 is 0 Å². The van der Waals surface area contributed by atoms with Crippen LogP contribution < -0.4 is 10.6 Å². The van der Waals surface area contributed by atoms with Crippen molar-refractivity contribution in [3.05, 3.63) is 29.7 Å². The van der Waals surface area contributed by atoms with Crippen LogP contribution in [0.3, 0.4) is 0 Å². The van der Waals surface area contributed by atoms with Crippen molar-refractivity contribution >= 4 is 38.9 Å². The van der Waals surface area contributed by atoms with Crippen LogP contribution in [0.4, 0.5) is 0 Å². The summed E-state index contributed by atoms with van der Waals surface area (Å²) in [5.41, 5.74) is 1.62. The molecule has 2 N–H and O–H groups in total. The molecular formula is C25H35N5O7S. The second-order valence-corrected chi connectivity index (χ2v) is 12.0. The van der Waals surface area contributed by atoms with Crippen LogP contribution in [0.1, 0.15) is 49.2 Å². The minimum absolute atomic E-state index is 0.0727. The lowest BCUT2D eigenvalue weighted by atomic mass is 10.0. The fraction of sp³-hybridized carbons (Fsp3) is 0.600. The molecule has 2 fully saturated rings. The quantitative estimate of drug-likeness (QED) is 0.495. The normalized spacial score (nSPS) is 20.8. The largest absolute Gasteiger partial charge is 0.449 e. The number of aromatic nitrogens is 1. The number of amides is 2. The van der Waals surface area contributed by atoms with Crippen molar-refractivity contribution in [3.8, 4) is 0 Å². The number of carbonyl (C=O) groups is 3. The van der Waals surface area contributed by atoms with Crippen molar-refractivity contribution in [1.82, 2.24) is 24.2 Å². The topological polar surface area (TPSA) is 151 Å². The van der Waals surface area contributed by atoms with Gasteiger partial charge in [-0.2, -0.15) is 17.0 Å². The molecule has 0 radical (unpaired) electrons. The molecule has 2 saturated heterocycles. The average molecular weight is 550 g/mol. The highest BCUT2D eigenvalue weighted by molar-refractivity contribution is 7.86. The molecule has 2 aromatic heterocycles. The van der Waals surface area contributed by atoms with E-state index in [0.29, 0.717) is 49.1 Å². The molecule has 2 amide bonds. The predicted molar refractivity (Wildman–Crippen MR) is 139 cm³/mol. The summed E-state index contributed by atoms with van der Waals surface area (Å²) in [5.74, 6) is -1.28. The second kappa shape index (κ2) is 11.9. The number of hydrogen-bond donors (Lipinski definition) is 2. The SMILES string of the molecule is Cc1c(C(=O)N[C@@H](CC(C)C)C(=O)N[C@H]2CCCN(S(=O)(=O)N3CCOCC3)CC2=O)oc2cccnc12. The summed E-state index contributed by atoms with van der Waals surface area (Å²) in [5, 5.41) is 5.52. The molecule has 2 aromatic rings. The highest BCUT2D eigenvalue weighted by atomic mass is 32.2. The number of ether oxygens (including phenoxy) is 1. The van der Waals surface area contributed by atoms with Crippen molar-refractivity contribution in [1.29, 1.82) is 0 Å². The lowest BCUT2D eigenvalue weighted by Gasteiger charge is -2.31. The maximum atomic E-state index is 13.3. The van der Waals surface area contributed by atoms with E-state index in [1.807, 2.05) is 13.8 Å². The standard InChI is InChI=1S/C25H35N5O7S/c1-16(2)14-19(28-25(33)23-17(3)22-21(37-23)7-4-8-26-22)24(32)27-18-6-5-9-30(15-20(18)31)38(34,35)29-10-12-36-13-11-29/h4,7-8,16,18-19H,5-6,9-15H2,1-3H3,(H,27,32)(H,28,33)/t18-,19-/m0/s1. The molecule has 2 atom stereocenters. The number of fused-ring (bicyclic) bond motifs is 1. The van der Waals surface area contributed by atoms with Crippen LogP contribution in [0.15, 0.2) is 22.7 Å². The minimum atomic E-state index is -3.81. The number of ketones is 1. The Morgan fingerprint density at radius 3 is 2.61 bits per heavy atom. The van der Waals surface area contributed by atoms with Gasteiger partial charge in [0.2, 0.25) is 5.91 Å². The van der Waals surface area contributed by atoms with Crippen molar-refractivity contribution in [2.75, 3.05) is 39.4 Å². The maximum absolute atomic E-state index is 13.3. The molecule has 38 heavy (non-hydrogen) atoms. The summed E-state index contributed by atoms with van der Waals surface area (Å²) >= 11 is 0. The fourth-order valence-corrected chi connectivity index (χ4v) is 6.34. The Morgan fingerprint density at radius 2 is 1.92 bits per heavy atom. The van der Waals surface area contributed by atoms with Crippen LogP contribution in [-0.4, -0.2) is 91.1 Å². The molecule has 0 saturated carbocycles. The lowest BCUT2D eigenvalue weighted by molar-refractivity contribution is -0.129. The predicted octanol–water partition coefficient (Wildman–Crippen LogP) is 1.01. The molecule has 208 valence electrons. The van der Waals surface area contributed by atoms with E-state index in [2.05, 4.69) is 15.6 Å². The number of morpholine rings is 1. The molecule has 0 unspecified atom stereocenters. The summed E-state index contributed by atoms with van der Waals surface area (Å²) in [6, 6.07) is 1.66. The molecule has 2 aliphatic heterocycles. The van der Waals surface area contributed by atoms with Crippen LogP contribution in [0.5, 0.6) is 0 Å². The number of furan rings is 1. The summed E-state index contributed by atoms with van der Waals surface area (Å²) < 4.78 is 39.5. The van der Waals surface area contributed by atoms with Crippen LogP contribution in [0.25, 0.3) is 11.1 Å². The van der Waals surface area contributed by atoms with Crippen LogP contribution in [-0.2, 0) is 24.5 Å². The summed E-state index contributed by atoms with van der Waals surface area (Å²) in [7, 11) is -3.81. The van der Waals surface area contributed by atoms with Gasteiger partial charge in [0, 0.05) is 31.4 Å². The third-order valence-electron chi connectivity index (χ3n) is 6.77. The first kappa shape index (κ1) is 28.1. The lowest BCUT2D eigenvalue weighted by Crippen LogP contribution is -2.53. The van der Waals surface area contributed by atoms with Crippen LogP contribution in [0, 0.1) is 12.8 Å². The van der Waals surface area contributed by atoms with Crippen molar-refractivity contribution in [2.24, 2.45) is 5.92 Å². The van der Waals surface area contributed by atoms with Gasteiger partial charge in [-0.25, -0.2) is 0 Å². The zero-order chi connectivity index (χ0) is 27.4. The third kappa shape index (κ3) is 6.22. The van der Waals surface area contributed by atoms with Gasteiger partial charge in [0.25, 0.3) is 16.1 Å². The third-order valence-corrected chi connectivity index (χ3v) is 8.76. The second-order valence-electron chi connectivity index (χ2n) is 10.1. The van der Waals surface area contributed by atoms with E-state index >= 15 is 0 Å². The number of hydrogen-bond acceptors (Lipinski definition) is 8. The average Bonchev–Trinajstić information content (AvgIpc) is 3.11. The van der Waals surface area contributed by atoms with Gasteiger partial charge in [0.15, 0.2) is 17.1 Å². The minimum Gasteiger partial charge on any atom is -0.449 e. The van der Waals surface area contributed by atoms with E-state index in [4.69, 9.17) is 9.15 Å². The number of pyridine rings is 1. The Bertz CT molecular complexity index is 1290. The van der Waals surface area contributed by atoms with Crippen LogP contribution in [0.2, 0.25) is 0 Å². The van der Waals surface area contributed by atoms with Gasteiger partial charge in [0.1, 0.15) is 11.6 Å². The Morgan fingerprint density at radius 1 is 1.18 bits per heavy atom. The van der Waals surface area contributed by atoms with Crippen molar-refractivity contribution < 1.29 is 32.0 Å². The first-order valence-electron chi connectivity index (χ1n) is 12.9. The molecule has 13 heteroatoms. The first-order chi connectivity index (χ1) is 18.1. The number of rotatable bonds is 8. The summed E-state index contributed by atoms with van der Waals surface area (Å²) in [6.45, 7) is 6.54. The number of nitrogens with one attached hydrogen (secondary N) is 2. The maximum Gasteiger partial charge on any atom is 0.288 e. The highest BCUT2D eigenvalue weighted by Crippen LogP contribution is 2.23. The molecule has 0 spiro atoms. The van der Waals surface area contributed by atoms with Crippen molar-refractivity contribution in [3.63, 3.8) is 0 Å². The molecule has 12 nitrogen and oxygen atoms in total. The van der Waals surface area contributed by atoms with Gasteiger partial charge in [-0.05, 0) is 44.2 Å². The monoisotopic (exact) mass is 549 g/mol. The number of carbonyl (C=O) groups excluding carboxylic acids is 3. The summed E-state index contributed by atoms with van der Waals surface area (Å²) in [4.78, 5) is 43.7. The summed E-state index contributed by atoms with van der Waals surface area (Å²) in [6.07, 6.45) is 2.66. The van der Waals surface area contributed by atoms with E-state index in [1.165, 1.54) is 8.61 Å². The van der Waals surface area contributed by atoms with Gasteiger partial charge >= 0.3 is 0 Å². The van der Waals surface area contributed by atoms with Gasteiger partial charge in [-0.3, -0.25) is 19.4 Å². The van der Waals surface area contributed by atoms with E-state index in [-0.39, 0.29) is 43.6 Å².